The van der Waals surface area contributed by atoms with E-state index in [0.29, 0.717) is 5.15 Å². The zero-order valence-electron chi connectivity index (χ0n) is 9.57. The molecule has 0 bridgehead atoms. The van der Waals surface area contributed by atoms with Crippen LogP contribution in [0.4, 0.5) is 5.82 Å². The van der Waals surface area contributed by atoms with E-state index in [1.807, 2.05) is 13.1 Å². The smallest absolute Gasteiger partial charge is 0.137 e. The predicted octanol–water partition coefficient (Wildman–Crippen LogP) is 2.07. The van der Waals surface area contributed by atoms with Crippen molar-refractivity contribution in [1.82, 2.24) is 19.9 Å². The minimum atomic E-state index is 0.520. The summed E-state index contributed by atoms with van der Waals surface area (Å²) in [5.41, 5.74) is 2.05. The summed E-state index contributed by atoms with van der Waals surface area (Å²) < 4.78 is 0. The standard InChI is InChI=1S/C11H14ClN5/c1-2-9-10(12)16-7-17-11(9)14-4-3-8-5-13-6-15-8/h5-7H,2-4H2,1H3,(H,13,15)(H,14,16,17). The van der Waals surface area contributed by atoms with Crippen molar-refractivity contribution in [2.75, 3.05) is 11.9 Å². The lowest BCUT2D eigenvalue weighted by molar-refractivity contribution is 0.949. The molecule has 0 aliphatic carbocycles. The first-order valence-electron chi connectivity index (χ1n) is 5.51. The van der Waals surface area contributed by atoms with Crippen molar-refractivity contribution in [3.63, 3.8) is 0 Å². The maximum atomic E-state index is 6.00. The maximum Gasteiger partial charge on any atom is 0.137 e. The van der Waals surface area contributed by atoms with Gasteiger partial charge in [0.1, 0.15) is 17.3 Å². The Morgan fingerprint density at radius 1 is 1.41 bits per heavy atom. The van der Waals surface area contributed by atoms with E-state index < -0.39 is 0 Å². The number of imidazole rings is 1. The normalized spacial score (nSPS) is 10.5. The predicted molar refractivity (Wildman–Crippen MR) is 67.2 cm³/mol. The van der Waals surface area contributed by atoms with E-state index in [4.69, 9.17) is 11.6 Å². The van der Waals surface area contributed by atoms with Crippen LogP contribution in [0, 0.1) is 0 Å². The Morgan fingerprint density at radius 2 is 2.29 bits per heavy atom. The lowest BCUT2D eigenvalue weighted by Crippen LogP contribution is -2.09. The summed E-state index contributed by atoms with van der Waals surface area (Å²) in [6.45, 7) is 2.81. The molecule has 0 atom stereocenters. The second kappa shape index (κ2) is 5.63. The number of aromatic nitrogens is 4. The van der Waals surface area contributed by atoms with Gasteiger partial charge in [-0.2, -0.15) is 0 Å². The van der Waals surface area contributed by atoms with Gasteiger partial charge in [-0.25, -0.2) is 15.0 Å². The third-order valence-corrected chi connectivity index (χ3v) is 2.81. The van der Waals surface area contributed by atoms with Gasteiger partial charge in [-0.3, -0.25) is 0 Å². The van der Waals surface area contributed by atoms with Crippen molar-refractivity contribution in [3.05, 3.63) is 35.3 Å². The molecule has 0 aromatic carbocycles. The molecule has 2 N–H and O–H groups in total. The Morgan fingerprint density at radius 3 is 3.00 bits per heavy atom. The van der Waals surface area contributed by atoms with E-state index >= 15 is 0 Å². The molecule has 2 aromatic rings. The summed E-state index contributed by atoms with van der Waals surface area (Å²) in [5.74, 6) is 0.812. The Balaban J connectivity index is 1.97. The highest BCUT2D eigenvalue weighted by Crippen LogP contribution is 2.19. The van der Waals surface area contributed by atoms with E-state index in [1.54, 1.807) is 6.33 Å². The zero-order valence-corrected chi connectivity index (χ0v) is 10.3. The van der Waals surface area contributed by atoms with Gasteiger partial charge in [-0.1, -0.05) is 18.5 Å². The molecule has 5 nitrogen and oxygen atoms in total. The van der Waals surface area contributed by atoms with Crippen molar-refractivity contribution in [1.29, 1.82) is 0 Å². The van der Waals surface area contributed by atoms with Crippen molar-refractivity contribution >= 4 is 17.4 Å². The fourth-order valence-corrected chi connectivity index (χ4v) is 1.86. The summed E-state index contributed by atoms with van der Waals surface area (Å²) in [5, 5.41) is 3.78. The van der Waals surface area contributed by atoms with Crippen LogP contribution >= 0.6 is 11.6 Å². The molecule has 0 amide bonds. The minimum Gasteiger partial charge on any atom is -0.369 e. The maximum absolute atomic E-state index is 6.00. The van der Waals surface area contributed by atoms with Gasteiger partial charge in [-0.05, 0) is 6.42 Å². The molecule has 0 unspecified atom stereocenters. The number of aromatic amines is 1. The van der Waals surface area contributed by atoms with Crippen LogP contribution in [0.2, 0.25) is 5.15 Å². The van der Waals surface area contributed by atoms with Gasteiger partial charge in [0.2, 0.25) is 0 Å². The van der Waals surface area contributed by atoms with Crippen LogP contribution < -0.4 is 5.32 Å². The Kier molecular flexibility index (Phi) is 3.93. The number of hydrogen-bond donors (Lipinski definition) is 2. The highest BCUT2D eigenvalue weighted by molar-refractivity contribution is 6.30. The summed E-state index contributed by atoms with van der Waals surface area (Å²) in [4.78, 5) is 15.2. The first-order valence-corrected chi connectivity index (χ1v) is 5.89. The molecule has 17 heavy (non-hydrogen) atoms. The molecule has 2 heterocycles. The largest absolute Gasteiger partial charge is 0.369 e. The first kappa shape index (κ1) is 11.9. The SMILES string of the molecule is CCc1c(Cl)ncnc1NCCc1cnc[nH]1. The lowest BCUT2D eigenvalue weighted by Gasteiger charge is -2.09. The first-order chi connectivity index (χ1) is 8.31. The van der Waals surface area contributed by atoms with Crippen molar-refractivity contribution < 1.29 is 0 Å². The van der Waals surface area contributed by atoms with E-state index in [0.717, 1.165) is 36.5 Å². The average molecular weight is 252 g/mol. The molecule has 0 aliphatic heterocycles. The second-order valence-electron chi connectivity index (χ2n) is 3.60. The molecule has 2 rings (SSSR count). The highest BCUT2D eigenvalue weighted by Gasteiger charge is 2.07. The van der Waals surface area contributed by atoms with Gasteiger partial charge >= 0.3 is 0 Å². The van der Waals surface area contributed by atoms with Crippen LogP contribution in [0.1, 0.15) is 18.2 Å². The van der Waals surface area contributed by atoms with Gasteiger partial charge in [0.05, 0.1) is 6.33 Å². The third kappa shape index (κ3) is 2.94. The summed E-state index contributed by atoms with van der Waals surface area (Å²) in [6.07, 6.45) is 6.64. The third-order valence-electron chi connectivity index (χ3n) is 2.49. The number of halogens is 1. The van der Waals surface area contributed by atoms with Crippen molar-refractivity contribution in [2.24, 2.45) is 0 Å². The minimum absolute atomic E-state index is 0.520. The van der Waals surface area contributed by atoms with E-state index in [2.05, 4.69) is 25.3 Å². The molecule has 0 fully saturated rings. The molecule has 0 aliphatic rings. The molecule has 0 saturated carbocycles. The average Bonchev–Trinajstić information content (AvgIpc) is 2.82. The fourth-order valence-electron chi connectivity index (χ4n) is 1.59. The monoisotopic (exact) mass is 251 g/mol. The Hall–Kier alpha value is -1.62. The lowest BCUT2D eigenvalue weighted by atomic mass is 10.2. The van der Waals surface area contributed by atoms with Crippen LogP contribution in [-0.2, 0) is 12.8 Å². The molecule has 90 valence electrons. The van der Waals surface area contributed by atoms with Crippen LogP contribution in [0.3, 0.4) is 0 Å². The van der Waals surface area contributed by atoms with Gasteiger partial charge in [0.25, 0.3) is 0 Å². The van der Waals surface area contributed by atoms with Crippen molar-refractivity contribution in [2.45, 2.75) is 19.8 Å². The molecule has 0 spiro atoms. The molecular weight excluding hydrogens is 238 g/mol. The number of nitrogens with zero attached hydrogens (tertiary/aromatic N) is 3. The van der Waals surface area contributed by atoms with Crippen molar-refractivity contribution in [3.8, 4) is 0 Å². The van der Waals surface area contributed by atoms with E-state index in [9.17, 15) is 0 Å². The van der Waals surface area contributed by atoms with Gasteiger partial charge < -0.3 is 10.3 Å². The van der Waals surface area contributed by atoms with Gasteiger partial charge in [0.15, 0.2) is 0 Å². The van der Waals surface area contributed by atoms with Gasteiger partial charge in [0, 0.05) is 30.4 Å². The van der Waals surface area contributed by atoms with E-state index in [1.165, 1.54) is 6.33 Å². The number of nitrogens with one attached hydrogen (secondary N) is 2. The molecule has 0 saturated heterocycles. The molecule has 2 aromatic heterocycles. The quantitative estimate of drug-likeness (QED) is 0.799. The topological polar surface area (TPSA) is 66.5 Å². The number of rotatable bonds is 5. The van der Waals surface area contributed by atoms with Crippen LogP contribution in [0.25, 0.3) is 0 Å². The highest BCUT2D eigenvalue weighted by atomic mass is 35.5. The second-order valence-corrected chi connectivity index (χ2v) is 3.96. The summed E-state index contributed by atoms with van der Waals surface area (Å²) in [6, 6.07) is 0. The number of hydrogen-bond acceptors (Lipinski definition) is 4. The summed E-state index contributed by atoms with van der Waals surface area (Å²) >= 11 is 6.00. The van der Waals surface area contributed by atoms with Gasteiger partial charge in [-0.15, -0.1) is 0 Å². The Labute approximate surface area is 105 Å². The molecular formula is C11H14ClN5. The molecule has 0 radical (unpaired) electrons. The molecule has 6 heteroatoms. The number of H-pyrrole nitrogens is 1. The number of anilines is 1. The Bertz CT molecular complexity index is 469. The van der Waals surface area contributed by atoms with Crippen LogP contribution in [0.15, 0.2) is 18.9 Å². The van der Waals surface area contributed by atoms with E-state index in [-0.39, 0.29) is 0 Å². The zero-order chi connectivity index (χ0) is 12.1. The summed E-state index contributed by atoms with van der Waals surface area (Å²) in [7, 11) is 0. The van der Waals surface area contributed by atoms with Crippen LogP contribution in [0.5, 0.6) is 0 Å². The van der Waals surface area contributed by atoms with Crippen LogP contribution in [-0.4, -0.2) is 26.5 Å². The fraction of sp³-hybridized carbons (Fsp3) is 0.364.